The molecule has 1 N–H and O–H groups in total. The van der Waals surface area contributed by atoms with E-state index in [0.29, 0.717) is 11.5 Å². The van der Waals surface area contributed by atoms with E-state index in [4.69, 9.17) is 0 Å². The van der Waals surface area contributed by atoms with E-state index < -0.39 is 0 Å². The molecule has 0 aliphatic heterocycles. The summed E-state index contributed by atoms with van der Waals surface area (Å²) in [6.07, 6.45) is 2.55. The monoisotopic (exact) mass is 323 g/mol. The van der Waals surface area contributed by atoms with Gasteiger partial charge in [0, 0.05) is 10.5 Å². The van der Waals surface area contributed by atoms with E-state index in [9.17, 15) is 0 Å². The highest BCUT2D eigenvalue weighted by Gasteiger charge is 2.31. The van der Waals surface area contributed by atoms with Gasteiger partial charge in [0.05, 0.1) is 0 Å². The quantitative estimate of drug-likeness (QED) is 0.825. The summed E-state index contributed by atoms with van der Waals surface area (Å²) >= 11 is 3.66. The fourth-order valence-electron chi connectivity index (χ4n) is 2.49. The number of hydrogen-bond acceptors (Lipinski definition) is 1. The van der Waals surface area contributed by atoms with Crippen LogP contribution in [0.5, 0.6) is 0 Å². The van der Waals surface area contributed by atoms with Gasteiger partial charge in [0.2, 0.25) is 0 Å². The minimum atomic E-state index is 0.401. The Morgan fingerprint density at radius 3 is 2.47 bits per heavy atom. The fourth-order valence-corrected chi connectivity index (χ4v) is 3.10. The summed E-state index contributed by atoms with van der Waals surface area (Å²) in [6.45, 7) is 10.5. The van der Waals surface area contributed by atoms with Crippen LogP contribution in [0.3, 0.4) is 0 Å². The summed E-state index contributed by atoms with van der Waals surface area (Å²) in [7, 11) is 0. The molecule has 1 atom stereocenters. The largest absolute Gasteiger partial charge is 0.314 e. The van der Waals surface area contributed by atoms with Gasteiger partial charge in [-0.05, 0) is 48.3 Å². The SMILES string of the molecule is CC(CNC1CC(c2ccccc2Br)C1)C(C)(C)C. The lowest BCUT2D eigenvalue weighted by atomic mass is 9.75. The van der Waals surface area contributed by atoms with Crippen molar-refractivity contribution >= 4 is 15.9 Å². The van der Waals surface area contributed by atoms with E-state index in [2.05, 4.69) is 73.2 Å². The van der Waals surface area contributed by atoms with Crippen LogP contribution in [0.15, 0.2) is 28.7 Å². The van der Waals surface area contributed by atoms with Gasteiger partial charge in [-0.15, -0.1) is 0 Å². The highest BCUT2D eigenvalue weighted by atomic mass is 79.9. The summed E-state index contributed by atoms with van der Waals surface area (Å²) in [5.74, 6) is 1.45. The standard InChI is InChI=1S/C17H26BrN/c1-12(17(2,3)4)11-19-14-9-13(10-14)15-7-5-6-8-16(15)18/h5-8,12-14,19H,9-11H2,1-4H3. The number of rotatable bonds is 4. The maximum atomic E-state index is 3.73. The highest BCUT2D eigenvalue weighted by molar-refractivity contribution is 9.10. The van der Waals surface area contributed by atoms with E-state index in [1.54, 1.807) is 0 Å². The summed E-state index contributed by atoms with van der Waals surface area (Å²) < 4.78 is 1.27. The molecule has 0 radical (unpaired) electrons. The van der Waals surface area contributed by atoms with E-state index in [-0.39, 0.29) is 0 Å². The van der Waals surface area contributed by atoms with Crippen LogP contribution in [0, 0.1) is 11.3 Å². The van der Waals surface area contributed by atoms with Crippen molar-refractivity contribution in [2.45, 2.75) is 52.5 Å². The topological polar surface area (TPSA) is 12.0 Å². The number of halogens is 1. The van der Waals surface area contributed by atoms with Crippen molar-refractivity contribution in [1.29, 1.82) is 0 Å². The molecule has 19 heavy (non-hydrogen) atoms. The first kappa shape index (κ1) is 15.1. The van der Waals surface area contributed by atoms with Crippen molar-refractivity contribution in [3.63, 3.8) is 0 Å². The lowest BCUT2D eigenvalue weighted by Gasteiger charge is -2.38. The van der Waals surface area contributed by atoms with Crippen LogP contribution < -0.4 is 5.32 Å². The van der Waals surface area contributed by atoms with Crippen molar-refractivity contribution in [3.8, 4) is 0 Å². The van der Waals surface area contributed by atoms with E-state index >= 15 is 0 Å². The number of nitrogens with one attached hydrogen (secondary N) is 1. The van der Waals surface area contributed by atoms with Crippen LogP contribution in [0.2, 0.25) is 0 Å². The molecule has 0 spiro atoms. The fraction of sp³-hybridized carbons (Fsp3) is 0.647. The van der Waals surface area contributed by atoms with E-state index in [1.165, 1.54) is 22.9 Å². The van der Waals surface area contributed by atoms with Gasteiger partial charge < -0.3 is 5.32 Å². The van der Waals surface area contributed by atoms with Crippen molar-refractivity contribution in [1.82, 2.24) is 5.32 Å². The smallest absolute Gasteiger partial charge is 0.0210 e. The average Bonchev–Trinajstić information content (AvgIpc) is 2.27. The van der Waals surface area contributed by atoms with Crippen molar-refractivity contribution < 1.29 is 0 Å². The molecule has 2 heteroatoms. The second kappa shape index (κ2) is 5.97. The molecule has 1 aromatic carbocycles. The minimum absolute atomic E-state index is 0.401. The van der Waals surface area contributed by atoms with Crippen LogP contribution >= 0.6 is 15.9 Å². The average molecular weight is 324 g/mol. The number of hydrogen-bond donors (Lipinski definition) is 1. The molecule has 0 aromatic heterocycles. The first-order chi connectivity index (χ1) is 8.88. The molecule has 0 bridgehead atoms. The zero-order valence-electron chi connectivity index (χ0n) is 12.5. The molecule has 1 aromatic rings. The Morgan fingerprint density at radius 2 is 1.89 bits per heavy atom. The van der Waals surface area contributed by atoms with Crippen molar-refractivity contribution in [3.05, 3.63) is 34.3 Å². The first-order valence-electron chi connectivity index (χ1n) is 7.35. The molecule has 0 saturated heterocycles. The molecule has 0 amide bonds. The third-order valence-corrected chi connectivity index (χ3v) is 5.40. The molecule has 2 rings (SSSR count). The maximum absolute atomic E-state index is 3.73. The van der Waals surface area contributed by atoms with Crippen LogP contribution in [-0.4, -0.2) is 12.6 Å². The summed E-state index contributed by atoms with van der Waals surface area (Å²) in [5, 5.41) is 3.73. The van der Waals surface area contributed by atoms with Crippen molar-refractivity contribution in [2.24, 2.45) is 11.3 Å². The Balaban J connectivity index is 1.77. The Bertz CT molecular complexity index is 416. The molecular formula is C17H26BrN. The molecule has 1 fully saturated rings. The van der Waals surface area contributed by atoms with Crippen molar-refractivity contribution in [2.75, 3.05) is 6.54 Å². The normalized spacial score (nSPS) is 24.9. The van der Waals surface area contributed by atoms with Gasteiger partial charge in [-0.2, -0.15) is 0 Å². The van der Waals surface area contributed by atoms with E-state index in [1.807, 2.05) is 0 Å². The zero-order chi connectivity index (χ0) is 14.0. The lowest BCUT2D eigenvalue weighted by Crippen LogP contribution is -2.43. The molecule has 1 aliphatic carbocycles. The maximum Gasteiger partial charge on any atom is 0.0210 e. The third-order valence-electron chi connectivity index (χ3n) is 4.67. The Labute approximate surface area is 126 Å². The van der Waals surface area contributed by atoms with Gasteiger partial charge in [-0.25, -0.2) is 0 Å². The summed E-state index contributed by atoms with van der Waals surface area (Å²) in [5.41, 5.74) is 1.88. The van der Waals surface area contributed by atoms with Gasteiger partial charge in [0.25, 0.3) is 0 Å². The summed E-state index contributed by atoms with van der Waals surface area (Å²) in [6, 6.07) is 9.35. The van der Waals surface area contributed by atoms with Gasteiger partial charge in [-0.1, -0.05) is 61.8 Å². The molecule has 1 saturated carbocycles. The second-order valence-corrected chi connectivity index (χ2v) is 7.92. The van der Waals surface area contributed by atoms with Gasteiger partial charge in [0.15, 0.2) is 0 Å². The minimum Gasteiger partial charge on any atom is -0.314 e. The second-order valence-electron chi connectivity index (χ2n) is 7.06. The Hall–Kier alpha value is -0.340. The molecule has 106 valence electrons. The number of benzene rings is 1. The molecule has 0 heterocycles. The molecule has 1 unspecified atom stereocenters. The highest BCUT2D eigenvalue weighted by Crippen LogP contribution is 2.40. The molecule has 1 aliphatic rings. The predicted octanol–water partition coefficient (Wildman–Crippen LogP) is 4.97. The van der Waals surface area contributed by atoms with Gasteiger partial charge >= 0.3 is 0 Å². The first-order valence-corrected chi connectivity index (χ1v) is 8.15. The Kier molecular flexibility index (Phi) is 4.73. The molecular weight excluding hydrogens is 298 g/mol. The van der Waals surface area contributed by atoms with Crippen LogP contribution in [-0.2, 0) is 0 Å². The third kappa shape index (κ3) is 3.82. The molecule has 1 nitrogen and oxygen atoms in total. The van der Waals surface area contributed by atoms with Crippen LogP contribution in [0.1, 0.15) is 52.0 Å². The van der Waals surface area contributed by atoms with Crippen LogP contribution in [0.25, 0.3) is 0 Å². The predicted molar refractivity (Wildman–Crippen MR) is 86.5 cm³/mol. The summed E-state index contributed by atoms with van der Waals surface area (Å²) in [4.78, 5) is 0. The van der Waals surface area contributed by atoms with Gasteiger partial charge in [-0.3, -0.25) is 0 Å². The Morgan fingerprint density at radius 1 is 1.26 bits per heavy atom. The van der Waals surface area contributed by atoms with Crippen LogP contribution in [0.4, 0.5) is 0 Å². The van der Waals surface area contributed by atoms with Gasteiger partial charge in [0.1, 0.15) is 0 Å². The lowest BCUT2D eigenvalue weighted by molar-refractivity contribution is 0.215. The van der Waals surface area contributed by atoms with E-state index in [0.717, 1.165) is 18.4 Å². The zero-order valence-corrected chi connectivity index (χ0v) is 14.1.